The lowest BCUT2D eigenvalue weighted by Crippen LogP contribution is -2.46. The third-order valence-corrected chi connectivity index (χ3v) is 5.06. The number of ether oxygens (including phenoxy) is 1. The molecule has 2 rings (SSSR count). The normalized spacial score (nSPS) is 16.0. The standard InChI is InChI=1S/C19H29N3O2S/c1-4-20-19(21-14-15-6-8-17(25-3)9-7-15)22-12-10-16(11-13-22)18(23)24-5-2/h6-9,16H,4-5,10-14H2,1-3H3,(H,20,21). The molecular weight excluding hydrogens is 334 g/mol. The van der Waals surface area contributed by atoms with Crippen molar-refractivity contribution < 1.29 is 9.53 Å². The van der Waals surface area contributed by atoms with E-state index < -0.39 is 0 Å². The summed E-state index contributed by atoms with van der Waals surface area (Å²) in [7, 11) is 0. The lowest BCUT2D eigenvalue weighted by atomic mass is 9.97. The Labute approximate surface area is 155 Å². The maximum absolute atomic E-state index is 11.9. The molecule has 1 aromatic rings. The van der Waals surface area contributed by atoms with Gasteiger partial charge in [-0.15, -0.1) is 11.8 Å². The van der Waals surface area contributed by atoms with Crippen molar-refractivity contribution in [2.75, 3.05) is 32.5 Å². The van der Waals surface area contributed by atoms with Gasteiger partial charge < -0.3 is 15.0 Å². The van der Waals surface area contributed by atoms with Gasteiger partial charge in [0.2, 0.25) is 0 Å². The second-order valence-electron chi connectivity index (χ2n) is 6.03. The van der Waals surface area contributed by atoms with E-state index >= 15 is 0 Å². The smallest absolute Gasteiger partial charge is 0.309 e. The van der Waals surface area contributed by atoms with E-state index in [1.807, 2.05) is 6.92 Å². The molecule has 5 nitrogen and oxygen atoms in total. The number of likely N-dealkylation sites (tertiary alicyclic amines) is 1. The van der Waals surface area contributed by atoms with Crippen LogP contribution in [0.25, 0.3) is 0 Å². The Morgan fingerprint density at radius 3 is 2.52 bits per heavy atom. The third kappa shape index (κ3) is 5.96. The summed E-state index contributed by atoms with van der Waals surface area (Å²) < 4.78 is 5.14. The fourth-order valence-electron chi connectivity index (χ4n) is 2.91. The monoisotopic (exact) mass is 363 g/mol. The van der Waals surface area contributed by atoms with Gasteiger partial charge >= 0.3 is 5.97 Å². The van der Waals surface area contributed by atoms with Crippen LogP contribution in [0.5, 0.6) is 0 Å². The molecule has 0 saturated carbocycles. The number of piperidine rings is 1. The van der Waals surface area contributed by atoms with Crippen LogP contribution in [-0.4, -0.2) is 49.3 Å². The van der Waals surface area contributed by atoms with Gasteiger partial charge in [0.25, 0.3) is 0 Å². The van der Waals surface area contributed by atoms with Crippen LogP contribution in [0.2, 0.25) is 0 Å². The van der Waals surface area contributed by atoms with Gasteiger partial charge in [-0.3, -0.25) is 4.79 Å². The van der Waals surface area contributed by atoms with Crippen LogP contribution in [0.4, 0.5) is 0 Å². The van der Waals surface area contributed by atoms with E-state index in [4.69, 9.17) is 9.73 Å². The number of carbonyl (C=O) groups is 1. The number of esters is 1. The molecule has 0 atom stereocenters. The number of guanidine groups is 1. The molecule has 25 heavy (non-hydrogen) atoms. The third-order valence-electron chi connectivity index (χ3n) is 4.32. The molecule has 1 aliphatic rings. The summed E-state index contributed by atoms with van der Waals surface area (Å²) in [6.45, 7) is 7.56. The van der Waals surface area contributed by atoms with Crippen LogP contribution in [0.3, 0.4) is 0 Å². The molecule has 1 fully saturated rings. The Kier molecular flexibility index (Phi) is 8.12. The molecule has 1 aromatic carbocycles. The number of hydrogen-bond acceptors (Lipinski definition) is 4. The van der Waals surface area contributed by atoms with Crippen molar-refractivity contribution in [2.45, 2.75) is 38.1 Å². The maximum atomic E-state index is 11.9. The SMILES string of the molecule is CCNC(=NCc1ccc(SC)cc1)N1CCC(C(=O)OCC)CC1. The highest BCUT2D eigenvalue weighted by atomic mass is 32.2. The Morgan fingerprint density at radius 2 is 1.96 bits per heavy atom. The van der Waals surface area contributed by atoms with Gasteiger partial charge in [0, 0.05) is 24.5 Å². The van der Waals surface area contributed by atoms with Crippen LogP contribution in [-0.2, 0) is 16.1 Å². The van der Waals surface area contributed by atoms with Crippen LogP contribution in [0.1, 0.15) is 32.3 Å². The summed E-state index contributed by atoms with van der Waals surface area (Å²) in [5.74, 6) is 0.898. The van der Waals surface area contributed by atoms with E-state index in [-0.39, 0.29) is 11.9 Å². The van der Waals surface area contributed by atoms with E-state index in [0.29, 0.717) is 13.2 Å². The minimum atomic E-state index is -0.0574. The van der Waals surface area contributed by atoms with E-state index in [1.54, 1.807) is 11.8 Å². The molecule has 0 unspecified atom stereocenters. The van der Waals surface area contributed by atoms with Crippen molar-refractivity contribution in [1.29, 1.82) is 0 Å². The van der Waals surface area contributed by atoms with Gasteiger partial charge in [0.1, 0.15) is 0 Å². The largest absolute Gasteiger partial charge is 0.466 e. The molecule has 0 radical (unpaired) electrons. The molecule has 6 heteroatoms. The molecular formula is C19H29N3O2S. The first-order chi connectivity index (χ1) is 12.2. The summed E-state index contributed by atoms with van der Waals surface area (Å²) in [6, 6.07) is 8.53. The molecule has 0 aromatic heterocycles. The zero-order valence-corrected chi connectivity index (χ0v) is 16.3. The second-order valence-corrected chi connectivity index (χ2v) is 6.91. The van der Waals surface area contributed by atoms with E-state index in [9.17, 15) is 4.79 Å². The molecule has 0 bridgehead atoms. The van der Waals surface area contributed by atoms with E-state index in [2.05, 4.69) is 47.7 Å². The average molecular weight is 364 g/mol. The van der Waals surface area contributed by atoms with Crippen molar-refractivity contribution in [3.63, 3.8) is 0 Å². The zero-order chi connectivity index (χ0) is 18.1. The minimum absolute atomic E-state index is 0.0261. The predicted octanol–water partition coefficient (Wildman–Crippen LogP) is 3.15. The quantitative estimate of drug-likeness (QED) is 0.364. The first-order valence-corrected chi connectivity index (χ1v) is 10.2. The fraction of sp³-hybridized carbons (Fsp3) is 0.579. The zero-order valence-electron chi connectivity index (χ0n) is 15.5. The van der Waals surface area contributed by atoms with Crippen molar-refractivity contribution in [3.8, 4) is 0 Å². The number of rotatable bonds is 6. The Hall–Kier alpha value is -1.69. The molecule has 0 amide bonds. The van der Waals surface area contributed by atoms with Crippen molar-refractivity contribution in [3.05, 3.63) is 29.8 Å². The Bertz CT molecular complexity index is 567. The highest BCUT2D eigenvalue weighted by Crippen LogP contribution is 2.19. The lowest BCUT2D eigenvalue weighted by Gasteiger charge is -2.33. The van der Waals surface area contributed by atoms with Gasteiger partial charge in [0.15, 0.2) is 5.96 Å². The molecule has 1 saturated heterocycles. The molecule has 1 aliphatic heterocycles. The number of nitrogens with one attached hydrogen (secondary N) is 1. The number of hydrogen-bond donors (Lipinski definition) is 1. The summed E-state index contributed by atoms with van der Waals surface area (Å²) >= 11 is 1.74. The van der Waals surface area contributed by atoms with Gasteiger partial charge in [-0.25, -0.2) is 4.99 Å². The van der Waals surface area contributed by atoms with Crippen LogP contribution >= 0.6 is 11.8 Å². The summed E-state index contributed by atoms with van der Waals surface area (Å²) in [4.78, 5) is 20.2. The van der Waals surface area contributed by atoms with Gasteiger partial charge in [-0.2, -0.15) is 0 Å². The number of thioether (sulfide) groups is 1. The molecule has 1 heterocycles. The predicted molar refractivity (Wildman–Crippen MR) is 104 cm³/mol. The fourth-order valence-corrected chi connectivity index (χ4v) is 3.32. The highest BCUT2D eigenvalue weighted by Gasteiger charge is 2.27. The highest BCUT2D eigenvalue weighted by molar-refractivity contribution is 7.98. The number of benzene rings is 1. The minimum Gasteiger partial charge on any atom is -0.466 e. The Morgan fingerprint density at radius 1 is 1.28 bits per heavy atom. The van der Waals surface area contributed by atoms with Crippen molar-refractivity contribution in [2.24, 2.45) is 10.9 Å². The lowest BCUT2D eigenvalue weighted by molar-refractivity contribution is -0.149. The average Bonchev–Trinajstić information content (AvgIpc) is 2.66. The molecule has 0 spiro atoms. The topological polar surface area (TPSA) is 53.9 Å². The first kappa shape index (κ1) is 19.6. The molecule has 1 N–H and O–H groups in total. The second kappa shape index (κ2) is 10.3. The van der Waals surface area contributed by atoms with Crippen LogP contribution in [0.15, 0.2) is 34.2 Å². The number of carbonyl (C=O) groups excluding carboxylic acids is 1. The van der Waals surface area contributed by atoms with Gasteiger partial charge in [-0.1, -0.05) is 12.1 Å². The van der Waals surface area contributed by atoms with Crippen LogP contribution < -0.4 is 5.32 Å². The summed E-state index contributed by atoms with van der Waals surface area (Å²) in [6.07, 6.45) is 3.73. The first-order valence-electron chi connectivity index (χ1n) is 9.00. The Balaban J connectivity index is 1.94. The molecule has 138 valence electrons. The summed E-state index contributed by atoms with van der Waals surface area (Å²) in [5.41, 5.74) is 1.20. The van der Waals surface area contributed by atoms with Crippen molar-refractivity contribution >= 4 is 23.7 Å². The van der Waals surface area contributed by atoms with Gasteiger partial charge in [0.05, 0.1) is 19.1 Å². The van der Waals surface area contributed by atoms with E-state index in [0.717, 1.165) is 38.4 Å². The van der Waals surface area contributed by atoms with Gasteiger partial charge in [-0.05, 0) is 50.6 Å². The molecule has 0 aliphatic carbocycles. The number of nitrogens with zero attached hydrogens (tertiary/aromatic N) is 2. The van der Waals surface area contributed by atoms with Crippen molar-refractivity contribution in [1.82, 2.24) is 10.2 Å². The number of aliphatic imine (C=N–C) groups is 1. The van der Waals surface area contributed by atoms with Crippen LogP contribution in [0, 0.1) is 5.92 Å². The maximum Gasteiger partial charge on any atom is 0.309 e. The van der Waals surface area contributed by atoms with E-state index in [1.165, 1.54) is 10.5 Å². The summed E-state index contributed by atoms with van der Waals surface area (Å²) in [5, 5.41) is 3.37.